The quantitative estimate of drug-likeness (QED) is 0.0986. The number of pyridine rings is 2. The standard InChI is InChI=1S/C50H62N6O2/c1-35(21-17-23-37(3)27-29-41-39(5)47(57)43(33-49(41,7)8)53-55-45-25-13-15-31-51-45)19-11-12-20-36(2)22-18-24-38(4)28-30-42-40(6)48(58)44(34-50(42,9)10)54-56-46-26-14-16-32-52-46/h11-32,43-44,53-54H,33-34H2,1-10H3,(H,51,55)(H,52,56)/b12-11+,21-17+,22-18+,29-27+,30-28+,35-19+,36-20+,37-23+,38-24+. The molecular formula is C50H62N6O2. The molecule has 304 valence electrons. The molecule has 58 heavy (non-hydrogen) atoms. The van der Waals surface area contributed by atoms with Crippen molar-refractivity contribution in [2.24, 2.45) is 10.8 Å². The fourth-order valence-electron chi connectivity index (χ4n) is 7.13. The summed E-state index contributed by atoms with van der Waals surface area (Å²) in [5.74, 6) is 1.56. The minimum Gasteiger partial charge on any atom is -0.305 e. The molecular weight excluding hydrogens is 717 g/mol. The van der Waals surface area contributed by atoms with Crippen LogP contribution in [0.25, 0.3) is 0 Å². The maximum absolute atomic E-state index is 13.2. The van der Waals surface area contributed by atoms with Crippen molar-refractivity contribution in [3.63, 3.8) is 0 Å². The zero-order valence-corrected chi connectivity index (χ0v) is 36.0. The van der Waals surface area contributed by atoms with E-state index in [1.807, 2.05) is 62.4 Å². The predicted octanol–water partition coefficient (Wildman–Crippen LogP) is 10.9. The molecule has 0 aromatic carbocycles. The lowest BCUT2D eigenvalue weighted by molar-refractivity contribution is -0.119. The van der Waals surface area contributed by atoms with Gasteiger partial charge in [0, 0.05) is 12.4 Å². The van der Waals surface area contributed by atoms with Crippen molar-refractivity contribution in [3.05, 3.63) is 178 Å². The summed E-state index contributed by atoms with van der Waals surface area (Å²) in [6, 6.07) is 10.6. The van der Waals surface area contributed by atoms with Gasteiger partial charge in [-0.1, -0.05) is 147 Å². The van der Waals surface area contributed by atoms with Crippen LogP contribution in [0.1, 0.15) is 82.1 Å². The molecule has 2 atom stereocenters. The number of carbonyl (C=O) groups excluding carboxylic acids is 2. The highest BCUT2D eigenvalue weighted by Crippen LogP contribution is 2.41. The van der Waals surface area contributed by atoms with Gasteiger partial charge in [-0.2, -0.15) is 0 Å². The first-order valence-corrected chi connectivity index (χ1v) is 20.0. The van der Waals surface area contributed by atoms with E-state index in [1.165, 1.54) is 0 Å². The molecule has 0 aliphatic heterocycles. The third-order valence-electron chi connectivity index (χ3n) is 10.4. The third-order valence-corrected chi connectivity index (χ3v) is 10.4. The fourth-order valence-corrected chi connectivity index (χ4v) is 7.13. The molecule has 0 spiro atoms. The largest absolute Gasteiger partial charge is 0.305 e. The Kier molecular flexibility index (Phi) is 16.4. The lowest BCUT2D eigenvalue weighted by Gasteiger charge is -2.37. The number of nitrogens with zero attached hydrogens (tertiary/aromatic N) is 2. The number of anilines is 2. The normalized spacial score (nSPS) is 21.2. The van der Waals surface area contributed by atoms with Crippen LogP contribution in [0.5, 0.6) is 0 Å². The van der Waals surface area contributed by atoms with Crippen molar-refractivity contribution < 1.29 is 9.59 Å². The van der Waals surface area contributed by atoms with Crippen molar-refractivity contribution in [2.45, 2.75) is 94.2 Å². The Morgan fingerprint density at radius 2 is 0.931 bits per heavy atom. The van der Waals surface area contributed by atoms with E-state index in [0.29, 0.717) is 24.5 Å². The van der Waals surface area contributed by atoms with Gasteiger partial charge in [0.05, 0.1) is 12.1 Å². The summed E-state index contributed by atoms with van der Waals surface area (Å²) in [7, 11) is 0. The molecule has 2 unspecified atom stereocenters. The topological polar surface area (TPSA) is 108 Å². The zero-order chi connectivity index (χ0) is 42.3. The van der Waals surface area contributed by atoms with Crippen molar-refractivity contribution in [3.8, 4) is 0 Å². The monoisotopic (exact) mass is 778 g/mol. The lowest BCUT2D eigenvalue weighted by atomic mass is 9.70. The molecule has 8 heteroatoms. The van der Waals surface area contributed by atoms with Gasteiger partial charge >= 0.3 is 0 Å². The molecule has 0 saturated heterocycles. The van der Waals surface area contributed by atoms with Crippen LogP contribution < -0.4 is 21.7 Å². The van der Waals surface area contributed by atoms with Crippen LogP contribution in [0, 0.1) is 10.8 Å². The molecule has 2 aromatic rings. The Hall–Kier alpha value is -5.70. The summed E-state index contributed by atoms with van der Waals surface area (Å²) in [6.07, 6.45) is 33.8. The molecule has 4 rings (SSSR count). The number of nitrogens with one attached hydrogen (secondary N) is 4. The molecule has 0 fully saturated rings. The molecule has 0 amide bonds. The Balaban J connectivity index is 1.26. The summed E-state index contributed by atoms with van der Waals surface area (Å²) in [5, 5.41) is 0. The van der Waals surface area contributed by atoms with E-state index in [4.69, 9.17) is 0 Å². The van der Waals surface area contributed by atoms with Gasteiger partial charge in [0.25, 0.3) is 0 Å². The van der Waals surface area contributed by atoms with Crippen molar-refractivity contribution in [1.82, 2.24) is 20.8 Å². The van der Waals surface area contributed by atoms with E-state index < -0.39 is 0 Å². The summed E-state index contributed by atoms with van der Waals surface area (Å²) in [4.78, 5) is 35.0. The molecule has 2 heterocycles. The van der Waals surface area contributed by atoms with Crippen LogP contribution >= 0.6 is 0 Å². The Morgan fingerprint density at radius 1 is 0.569 bits per heavy atom. The first-order valence-electron chi connectivity index (χ1n) is 20.0. The Labute approximate surface area is 346 Å². The molecule has 2 aliphatic carbocycles. The summed E-state index contributed by atoms with van der Waals surface area (Å²) < 4.78 is 0. The number of hydrazine groups is 2. The van der Waals surface area contributed by atoms with Gasteiger partial charge in [-0.15, -0.1) is 0 Å². The summed E-state index contributed by atoms with van der Waals surface area (Å²) in [6.45, 7) is 20.9. The van der Waals surface area contributed by atoms with Gasteiger partial charge in [0.2, 0.25) is 0 Å². The highest BCUT2D eigenvalue weighted by Gasteiger charge is 2.39. The Morgan fingerprint density at radius 3 is 1.29 bits per heavy atom. The molecule has 4 N–H and O–H groups in total. The van der Waals surface area contributed by atoms with Gasteiger partial charge in [-0.25, -0.2) is 20.8 Å². The number of ketones is 2. The number of Topliss-reactive ketones (excluding diaryl/α,β-unsaturated/α-hetero) is 2. The number of hydrogen-bond donors (Lipinski definition) is 4. The van der Waals surface area contributed by atoms with Gasteiger partial charge in [0.1, 0.15) is 11.6 Å². The minimum absolute atomic E-state index is 0.0978. The van der Waals surface area contributed by atoms with Gasteiger partial charge in [-0.3, -0.25) is 9.59 Å². The lowest BCUT2D eigenvalue weighted by Crippen LogP contribution is -2.47. The third kappa shape index (κ3) is 13.5. The van der Waals surface area contributed by atoms with Crippen LogP contribution in [0.4, 0.5) is 11.6 Å². The smallest absolute Gasteiger partial charge is 0.177 e. The maximum atomic E-state index is 13.2. The fraction of sp³-hybridized carbons (Fsp3) is 0.320. The Bertz CT molecular complexity index is 1970. The van der Waals surface area contributed by atoms with E-state index in [1.54, 1.807) is 12.4 Å². The van der Waals surface area contributed by atoms with E-state index in [-0.39, 0.29) is 34.5 Å². The maximum Gasteiger partial charge on any atom is 0.177 e. The molecule has 2 aliphatic rings. The highest BCUT2D eigenvalue weighted by molar-refractivity contribution is 6.02. The molecule has 0 saturated carbocycles. The van der Waals surface area contributed by atoms with E-state index in [9.17, 15) is 9.59 Å². The molecule has 0 bridgehead atoms. The molecule has 2 aromatic heterocycles. The van der Waals surface area contributed by atoms with Crippen LogP contribution in [0.2, 0.25) is 0 Å². The van der Waals surface area contributed by atoms with Crippen LogP contribution in [-0.4, -0.2) is 33.6 Å². The summed E-state index contributed by atoms with van der Waals surface area (Å²) in [5.41, 5.74) is 20.3. The minimum atomic E-state index is -0.328. The first-order chi connectivity index (χ1) is 27.6. The number of allylic oxidation sites excluding steroid dienone is 20. The second kappa shape index (κ2) is 21.2. The number of rotatable bonds is 16. The number of aromatic nitrogens is 2. The number of hydrogen-bond acceptors (Lipinski definition) is 8. The van der Waals surface area contributed by atoms with Crippen LogP contribution in [0.3, 0.4) is 0 Å². The van der Waals surface area contributed by atoms with E-state index >= 15 is 0 Å². The van der Waals surface area contributed by atoms with Crippen LogP contribution in [0.15, 0.2) is 178 Å². The first kappa shape index (κ1) is 45.0. The van der Waals surface area contributed by atoms with E-state index in [2.05, 4.69) is 160 Å². The average Bonchev–Trinajstić information content (AvgIpc) is 3.18. The van der Waals surface area contributed by atoms with Gasteiger partial charge in [0.15, 0.2) is 11.6 Å². The van der Waals surface area contributed by atoms with Crippen LogP contribution in [-0.2, 0) is 9.59 Å². The van der Waals surface area contributed by atoms with Crippen molar-refractivity contribution in [2.75, 3.05) is 10.9 Å². The molecule has 0 radical (unpaired) electrons. The van der Waals surface area contributed by atoms with Crippen molar-refractivity contribution >= 4 is 23.2 Å². The van der Waals surface area contributed by atoms with Gasteiger partial charge in [-0.05, 0) is 112 Å². The highest BCUT2D eigenvalue weighted by atomic mass is 16.1. The number of carbonyl (C=O) groups is 2. The SMILES string of the molecule is CC1=C(/C=C/C(C)=C/C=C/C(C)=C/C=C/C=C(C)/C=C/C=C(C)/C=C/C2=C(C)C(=O)C(NNc3ccccn3)CC2(C)C)C(C)(C)CC(NNc2ccccn2)C1=O. The predicted molar refractivity (Wildman–Crippen MR) is 243 cm³/mol. The van der Waals surface area contributed by atoms with E-state index in [0.717, 1.165) is 44.6 Å². The van der Waals surface area contributed by atoms with Gasteiger partial charge < -0.3 is 10.9 Å². The zero-order valence-electron chi connectivity index (χ0n) is 36.0. The second-order valence-electron chi connectivity index (χ2n) is 16.5. The summed E-state index contributed by atoms with van der Waals surface area (Å²) >= 11 is 0. The second-order valence-corrected chi connectivity index (χ2v) is 16.5. The average molecular weight is 779 g/mol. The molecule has 8 nitrogen and oxygen atoms in total. The van der Waals surface area contributed by atoms with Crippen molar-refractivity contribution in [1.29, 1.82) is 0 Å².